The maximum Gasteiger partial charge on any atom is 0.303 e. The van der Waals surface area contributed by atoms with Gasteiger partial charge in [-0.2, -0.15) is 18.0 Å². The van der Waals surface area contributed by atoms with E-state index in [1.54, 1.807) is 24.3 Å². The van der Waals surface area contributed by atoms with Crippen molar-refractivity contribution in [2.24, 2.45) is 0 Å². The summed E-state index contributed by atoms with van der Waals surface area (Å²) in [5, 5.41) is 8.73. The van der Waals surface area contributed by atoms with Gasteiger partial charge in [0, 0.05) is 20.1 Å². The van der Waals surface area contributed by atoms with Crippen molar-refractivity contribution in [2.75, 3.05) is 37.7 Å². The Kier molecular flexibility index (Phi) is 4.04. The molecule has 0 amide bonds. The lowest BCUT2D eigenvalue weighted by Gasteiger charge is -2.31. The van der Waals surface area contributed by atoms with Crippen molar-refractivity contribution in [3.63, 3.8) is 0 Å². The fourth-order valence-electron chi connectivity index (χ4n) is 1.83. The van der Waals surface area contributed by atoms with Crippen LogP contribution in [0.3, 0.4) is 0 Å². The number of rotatable bonds is 3. The Hall–Kier alpha value is -1.62. The van der Waals surface area contributed by atoms with E-state index in [4.69, 9.17) is 10.00 Å². The molecule has 1 fully saturated rings. The van der Waals surface area contributed by atoms with Gasteiger partial charge in [0.1, 0.15) is 0 Å². The standard InChI is InChI=1S/C12H15N3O3S/c1-14(12-4-2-11(10-13)3-5-12)19(16,17)15-6-8-18-9-7-15/h2-5H,6-9H2,1H3. The van der Waals surface area contributed by atoms with Crippen LogP contribution in [0, 0.1) is 11.3 Å². The molecule has 1 aliphatic heterocycles. The SMILES string of the molecule is CN(c1ccc(C#N)cc1)S(=O)(=O)N1CCOCC1. The summed E-state index contributed by atoms with van der Waals surface area (Å²) in [5.41, 5.74) is 1.03. The number of hydrogen-bond acceptors (Lipinski definition) is 4. The van der Waals surface area contributed by atoms with Gasteiger partial charge in [0.2, 0.25) is 0 Å². The third-order valence-corrected chi connectivity index (χ3v) is 4.92. The molecule has 0 bridgehead atoms. The number of morpholine rings is 1. The number of benzene rings is 1. The Bertz CT molecular complexity index is 571. The predicted molar refractivity (Wildman–Crippen MR) is 70.9 cm³/mol. The minimum Gasteiger partial charge on any atom is -0.379 e. The van der Waals surface area contributed by atoms with Gasteiger partial charge in [0.05, 0.1) is 30.5 Å². The largest absolute Gasteiger partial charge is 0.379 e. The predicted octanol–water partition coefficient (Wildman–Crippen LogP) is 0.571. The van der Waals surface area contributed by atoms with Crippen molar-refractivity contribution >= 4 is 15.9 Å². The summed E-state index contributed by atoms with van der Waals surface area (Å²) in [7, 11) is -2.02. The molecule has 1 aliphatic rings. The minimum absolute atomic E-state index is 0.364. The Morgan fingerprint density at radius 2 is 1.84 bits per heavy atom. The number of nitrogens with zero attached hydrogens (tertiary/aromatic N) is 3. The first-order valence-corrected chi connectivity index (χ1v) is 7.27. The first kappa shape index (κ1) is 13.8. The maximum atomic E-state index is 12.4. The second-order valence-electron chi connectivity index (χ2n) is 4.15. The van der Waals surface area contributed by atoms with E-state index in [0.29, 0.717) is 37.6 Å². The van der Waals surface area contributed by atoms with Gasteiger partial charge in [-0.1, -0.05) is 0 Å². The number of ether oxygens (including phenoxy) is 1. The molecule has 0 aromatic heterocycles. The third kappa shape index (κ3) is 2.87. The molecule has 0 saturated carbocycles. The van der Waals surface area contributed by atoms with Crippen LogP contribution in [0.4, 0.5) is 5.69 Å². The Morgan fingerprint density at radius 3 is 2.37 bits per heavy atom. The van der Waals surface area contributed by atoms with E-state index in [2.05, 4.69) is 0 Å². The molecule has 19 heavy (non-hydrogen) atoms. The van der Waals surface area contributed by atoms with Crippen LogP contribution < -0.4 is 4.31 Å². The molecular formula is C12H15N3O3S. The van der Waals surface area contributed by atoms with E-state index in [0.717, 1.165) is 0 Å². The first-order chi connectivity index (χ1) is 9.05. The minimum atomic E-state index is -3.53. The van der Waals surface area contributed by atoms with Crippen LogP contribution >= 0.6 is 0 Å². The lowest BCUT2D eigenvalue weighted by atomic mass is 10.2. The van der Waals surface area contributed by atoms with E-state index < -0.39 is 10.2 Å². The average Bonchev–Trinajstić information content (AvgIpc) is 2.47. The molecule has 1 saturated heterocycles. The summed E-state index contributed by atoms with van der Waals surface area (Å²) in [6, 6.07) is 8.44. The van der Waals surface area contributed by atoms with Crippen molar-refractivity contribution in [1.82, 2.24) is 4.31 Å². The Morgan fingerprint density at radius 1 is 1.26 bits per heavy atom. The summed E-state index contributed by atoms with van der Waals surface area (Å²) in [6.45, 7) is 1.56. The molecule has 1 aromatic carbocycles. The summed E-state index contributed by atoms with van der Waals surface area (Å²) >= 11 is 0. The molecular weight excluding hydrogens is 266 g/mol. The zero-order chi connectivity index (χ0) is 13.9. The smallest absolute Gasteiger partial charge is 0.303 e. The highest BCUT2D eigenvalue weighted by molar-refractivity contribution is 7.90. The molecule has 0 atom stereocenters. The topological polar surface area (TPSA) is 73.6 Å². The average molecular weight is 281 g/mol. The van der Waals surface area contributed by atoms with Gasteiger partial charge in [-0.3, -0.25) is 4.31 Å². The lowest BCUT2D eigenvalue weighted by molar-refractivity contribution is 0.0730. The molecule has 0 N–H and O–H groups in total. The van der Waals surface area contributed by atoms with Gasteiger partial charge in [-0.15, -0.1) is 0 Å². The summed E-state index contributed by atoms with van der Waals surface area (Å²) in [6.07, 6.45) is 0. The third-order valence-electron chi connectivity index (χ3n) is 3.00. The van der Waals surface area contributed by atoms with Crippen LogP contribution in [0.25, 0.3) is 0 Å². The molecule has 2 rings (SSSR count). The second-order valence-corrected chi connectivity index (χ2v) is 6.11. The van der Waals surface area contributed by atoms with E-state index in [1.807, 2.05) is 6.07 Å². The van der Waals surface area contributed by atoms with Crippen molar-refractivity contribution in [2.45, 2.75) is 0 Å². The van der Waals surface area contributed by atoms with Crippen molar-refractivity contribution in [3.05, 3.63) is 29.8 Å². The molecule has 1 heterocycles. The lowest BCUT2D eigenvalue weighted by Crippen LogP contribution is -2.47. The zero-order valence-electron chi connectivity index (χ0n) is 10.6. The van der Waals surface area contributed by atoms with Crippen molar-refractivity contribution in [3.8, 4) is 6.07 Å². The van der Waals surface area contributed by atoms with Crippen molar-refractivity contribution < 1.29 is 13.2 Å². The van der Waals surface area contributed by atoms with Crippen LogP contribution in [0.15, 0.2) is 24.3 Å². The maximum absolute atomic E-state index is 12.4. The summed E-state index contributed by atoms with van der Waals surface area (Å²) in [4.78, 5) is 0. The van der Waals surface area contributed by atoms with E-state index in [-0.39, 0.29) is 0 Å². The van der Waals surface area contributed by atoms with E-state index in [1.165, 1.54) is 15.7 Å². The van der Waals surface area contributed by atoms with E-state index in [9.17, 15) is 8.42 Å². The quantitative estimate of drug-likeness (QED) is 0.812. The zero-order valence-corrected chi connectivity index (χ0v) is 11.4. The highest BCUT2D eigenvalue weighted by Gasteiger charge is 2.28. The molecule has 0 unspecified atom stereocenters. The summed E-state index contributed by atoms with van der Waals surface area (Å²) < 4.78 is 32.5. The van der Waals surface area contributed by atoms with Gasteiger partial charge in [0.15, 0.2) is 0 Å². The van der Waals surface area contributed by atoms with Gasteiger partial charge < -0.3 is 4.74 Å². The monoisotopic (exact) mass is 281 g/mol. The van der Waals surface area contributed by atoms with Crippen LogP contribution in [-0.4, -0.2) is 46.1 Å². The molecule has 6 nitrogen and oxygen atoms in total. The molecule has 0 aliphatic carbocycles. The van der Waals surface area contributed by atoms with Crippen LogP contribution in [0.5, 0.6) is 0 Å². The molecule has 1 aromatic rings. The number of nitriles is 1. The van der Waals surface area contributed by atoms with Gasteiger partial charge in [0.25, 0.3) is 0 Å². The van der Waals surface area contributed by atoms with Gasteiger partial charge in [-0.25, -0.2) is 0 Å². The Labute approximate surface area is 113 Å². The van der Waals surface area contributed by atoms with Gasteiger partial charge in [-0.05, 0) is 24.3 Å². The highest BCUT2D eigenvalue weighted by atomic mass is 32.2. The molecule has 102 valence electrons. The summed E-state index contributed by atoms with van der Waals surface area (Å²) in [5.74, 6) is 0. The highest BCUT2D eigenvalue weighted by Crippen LogP contribution is 2.19. The fraction of sp³-hybridized carbons (Fsp3) is 0.417. The van der Waals surface area contributed by atoms with E-state index >= 15 is 0 Å². The van der Waals surface area contributed by atoms with Crippen molar-refractivity contribution in [1.29, 1.82) is 5.26 Å². The molecule has 0 radical (unpaired) electrons. The van der Waals surface area contributed by atoms with Gasteiger partial charge >= 0.3 is 10.2 Å². The number of anilines is 1. The fourth-order valence-corrected chi connectivity index (χ4v) is 3.17. The number of hydrogen-bond donors (Lipinski definition) is 0. The molecule has 7 heteroatoms. The van der Waals surface area contributed by atoms with Crippen LogP contribution in [-0.2, 0) is 14.9 Å². The Balaban J connectivity index is 2.21. The van der Waals surface area contributed by atoms with Crippen LogP contribution in [0.1, 0.15) is 5.56 Å². The second kappa shape index (κ2) is 5.57. The first-order valence-electron chi connectivity index (χ1n) is 5.87. The normalized spacial score (nSPS) is 16.8. The van der Waals surface area contributed by atoms with Crippen LogP contribution in [0.2, 0.25) is 0 Å². The molecule has 0 spiro atoms.